The zero-order valence-electron chi connectivity index (χ0n) is 21.0. The van der Waals surface area contributed by atoms with Crippen molar-refractivity contribution in [3.63, 3.8) is 0 Å². The van der Waals surface area contributed by atoms with Crippen LogP contribution in [0.15, 0.2) is 30.3 Å². The standard InChI is InChI=1S/C25H32N4O4.CH4O/c1-4-18-6-5-7-20(26-18)23(30)27-21-14-17-16-29(9-8-25(2,3)32)24(31)19(17)15-22(21)28-10-12-33-13-11-28;1-2/h5-7,14-15,32H,4,8-13,16H2,1-3H3,(H,27,30);2H,1H3. The molecular weight excluding hydrogens is 448 g/mol. The summed E-state index contributed by atoms with van der Waals surface area (Å²) >= 11 is 0. The summed E-state index contributed by atoms with van der Waals surface area (Å²) in [5, 5.41) is 20.1. The highest BCUT2D eigenvalue weighted by Crippen LogP contribution is 2.35. The summed E-state index contributed by atoms with van der Waals surface area (Å²) in [5.74, 6) is -0.318. The van der Waals surface area contributed by atoms with E-state index in [2.05, 4.69) is 15.2 Å². The number of aliphatic hydroxyl groups is 2. The van der Waals surface area contributed by atoms with Crippen LogP contribution in [0.3, 0.4) is 0 Å². The van der Waals surface area contributed by atoms with Crippen LogP contribution in [0, 0.1) is 0 Å². The minimum Gasteiger partial charge on any atom is -0.400 e. The van der Waals surface area contributed by atoms with Gasteiger partial charge in [-0.2, -0.15) is 0 Å². The number of nitrogens with one attached hydrogen (secondary N) is 1. The number of pyridine rings is 1. The molecule has 0 unspecified atom stereocenters. The van der Waals surface area contributed by atoms with E-state index >= 15 is 0 Å². The molecule has 3 heterocycles. The summed E-state index contributed by atoms with van der Waals surface area (Å²) in [6, 6.07) is 9.24. The molecule has 4 rings (SSSR count). The molecule has 2 aliphatic rings. The average molecular weight is 485 g/mol. The molecule has 1 fully saturated rings. The first-order valence-electron chi connectivity index (χ1n) is 12.0. The first-order chi connectivity index (χ1) is 16.7. The Balaban J connectivity index is 0.00000167. The van der Waals surface area contributed by atoms with Crippen LogP contribution < -0.4 is 10.2 Å². The normalized spacial score (nSPS) is 15.4. The number of anilines is 2. The van der Waals surface area contributed by atoms with Crippen LogP contribution in [-0.4, -0.2) is 77.5 Å². The van der Waals surface area contributed by atoms with Gasteiger partial charge in [-0.15, -0.1) is 0 Å². The van der Waals surface area contributed by atoms with Gasteiger partial charge in [0.2, 0.25) is 0 Å². The third-order valence-electron chi connectivity index (χ3n) is 6.10. The van der Waals surface area contributed by atoms with Crippen molar-refractivity contribution in [2.45, 2.75) is 45.8 Å². The van der Waals surface area contributed by atoms with E-state index in [0.717, 1.165) is 30.5 Å². The van der Waals surface area contributed by atoms with Crippen LogP contribution in [0.5, 0.6) is 0 Å². The molecule has 2 amide bonds. The number of hydrogen-bond acceptors (Lipinski definition) is 7. The zero-order valence-corrected chi connectivity index (χ0v) is 21.0. The minimum absolute atomic E-state index is 0.0426. The molecule has 9 nitrogen and oxygen atoms in total. The van der Waals surface area contributed by atoms with Gasteiger partial charge in [0.1, 0.15) is 5.69 Å². The number of rotatable bonds is 7. The lowest BCUT2D eigenvalue weighted by Crippen LogP contribution is -2.37. The molecule has 0 bridgehead atoms. The highest BCUT2D eigenvalue weighted by atomic mass is 16.5. The van der Waals surface area contributed by atoms with Crippen molar-refractivity contribution in [2.24, 2.45) is 0 Å². The van der Waals surface area contributed by atoms with Gasteiger partial charge in [-0.1, -0.05) is 13.0 Å². The molecule has 35 heavy (non-hydrogen) atoms. The summed E-state index contributed by atoms with van der Waals surface area (Å²) in [4.78, 5) is 34.5. The Morgan fingerprint density at radius 3 is 2.57 bits per heavy atom. The Labute approximate surface area is 206 Å². The molecule has 3 N–H and O–H groups in total. The average Bonchev–Trinajstić information content (AvgIpc) is 3.18. The molecule has 0 saturated carbocycles. The van der Waals surface area contributed by atoms with Crippen molar-refractivity contribution in [2.75, 3.05) is 50.2 Å². The number of carbonyl (C=O) groups excluding carboxylic acids is 2. The predicted molar refractivity (Wildman–Crippen MR) is 135 cm³/mol. The van der Waals surface area contributed by atoms with Gasteiger partial charge in [0, 0.05) is 44.5 Å². The largest absolute Gasteiger partial charge is 0.400 e. The van der Waals surface area contributed by atoms with E-state index in [-0.39, 0.29) is 11.8 Å². The Kier molecular flexibility index (Phi) is 8.82. The molecule has 1 aromatic heterocycles. The highest BCUT2D eigenvalue weighted by Gasteiger charge is 2.31. The molecule has 1 aromatic carbocycles. The second kappa shape index (κ2) is 11.6. The molecule has 0 atom stereocenters. The second-order valence-corrected chi connectivity index (χ2v) is 9.24. The monoisotopic (exact) mass is 484 g/mol. The minimum atomic E-state index is -0.840. The van der Waals surface area contributed by atoms with E-state index in [1.807, 2.05) is 31.2 Å². The van der Waals surface area contributed by atoms with E-state index in [4.69, 9.17) is 9.84 Å². The Morgan fingerprint density at radius 1 is 1.20 bits per heavy atom. The number of aryl methyl sites for hydroxylation is 1. The fraction of sp³-hybridized carbons (Fsp3) is 0.500. The van der Waals surface area contributed by atoms with Gasteiger partial charge < -0.3 is 30.1 Å². The van der Waals surface area contributed by atoms with Crippen molar-refractivity contribution in [3.8, 4) is 0 Å². The molecular formula is C26H36N4O5. The number of aliphatic hydroxyl groups excluding tert-OH is 1. The van der Waals surface area contributed by atoms with E-state index in [9.17, 15) is 14.7 Å². The molecule has 0 aliphatic carbocycles. The van der Waals surface area contributed by atoms with Crippen LogP contribution >= 0.6 is 0 Å². The summed E-state index contributed by atoms with van der Waals surface area (Å²) < 4.78 is 5.49. The number of aromatic nitrogens is 1. The number of amides is 2. The highest BCUT2D eigenvalue weighted by molar-refractivity contribution is 6.07. The van der Waals surface area contributed by atoms with Crippen molar-refractivity contribution in [3.05, 3.63) is 52.8 Å². The smallest absolute Gasteiger partial charge is 0.274 e. The lowest BCUT2D eigenvalue weighted by molar-refractivity contribution is 0.0517. The van der Waals surface area contributed by atoms with Crippen LogP contribution in [0.25, 0.3) is 0 Å². The fourth-order valence-electron chi connectivity index (χ4n) is 4.16. The summed E-state index contributed by atoms with van der Waals surface area (Å²) in [6.07, 6.45) is 1.24. The summed E-state index contributed by atoms with van der Waals surface area (Å²) in [7, 11) is 1.00. The second-order valence-electron chi connectivity index (χ2n) is 9.24. The SMILES string of the molecule is CCc1cccc(C(=O)Nc2cc3c(cc2N2CCOCC2)C(=O)N(CCC(C)(C)O)C3)n1.CO. The quantitative estimate of drug-likeness (QED) is 0.553. The molecule has 0 spiro atoms. The van der Waals surface area contributed by atoms with E-state index in [1.54, 1.807) is 24.8 Å². The first-order valence-corrected chi connectivity index (χ1v) is 12.0. The van der Waals surface area contributed by atoms with Crippen molar-refractivity contribution in [1.29, 1.82) is 0 Å². The van der Waals surface area contributed by atoms with E-state index < -0.39 is 5.60 Å². The molecule has 0 radical (unpaired) electrons. The van der Waals surface area contributed by atoms with Gasteiger partial charge >= 0.3 is 0 Å². The fourth-order valence-corrected chi connectivity index (χ4v) is 4.16. The number of morpholine rings is 1. The maximum absolute atomic E-state index is 13.1. The summed E-state index contributed by atoms with van der Waals surface area (Å²) in [6.45, 7) is 8.97. The molecule has 9 heteroatoms. The van der Waals surface area contributed by atoms with E-state index in [0.29, 0.717) is 62.8 Å². The lowest BCUT2D eigenvalue weighted by Gasteiger charge is -2.31. The Bertz CT molecular complexity index is 1040. The third-order valence-corrected chi connectivity index (χ3v) is 6.10. The Morgan fingerprint density at radius 2 is 1.91 bits per heavy atom. The van der Waals surface area contributed by atoms with E-state index in [1.165, 1.54) is 0 Å². The number of nitrogens with zero attached hydrogens (tertiary/aromatic N) is 3. The van der Waals surface area contributed by atoms with Crippen LogP contribution in [0.4, 0.5) is 11.4 Å². The number of fused-ring (bicyclic) bond motifs is 1. The van der Waals surface area contributed by atoms with Crippen LogP contribution in [0.2, 0.25) is 0 Å². The van der Waals surface area contributed by atoms with Gasteiger partial charge in [-0.05, 0) is 56.5 Å². The third kappa shape index (κ3) is 6.56. The zero-order chi connectivity index (χ0) is 25.6. The number of ether oxygens (including phenoxy) is 1. The van der Waals surface area contributed by atoms with Gasteiger partial charge in [-0.3, -0.25) is 9.59 Å². The van der Waals surface area contributed by atoms with Crippen LogP contribution in [-0.2, 0) is 17.7 Å². The van der Waals surface area contributed by atoms with Crippen molar-refractivity contribution in [1.82, 2.24) is 9.88 Å². The predicted octanol–water partition coefficient (Wildman–Crippen LogP) is 2.46. The lowest BCUT2D eigenvalue weighted by atomic mass is 10.1. The van der Waals surface area contributed by atoms with Gasteiger partial charge in [0.25, 0.3) is 11.8 Å². The molecule has 190 valence electrons. The first kappa shape index (κ1) is 26.6. The maximum Gasteiger partial charge on any atom is 0.274 e. The van der Waals surface area contributed by atoms with Gasteiger partial charge in [-0.25, -0.2) is 4.98 Å². The maximum atomic E-state index is 13.1. The molecule has 2 aliphatic heterocycles. The van der Waals surface area contributed by atoms with Crippen molar-refractivity contribution >= 4 is 23.2 Å². The molecule has 1 saturated heterocycles. The topological polar surface area (TPSA) is 115 Å². The van der Waals surface area contributed by atoms with Crippen LogP contribution in [0.1, 0.15) is 59.3 Å². The Hall–Kier alpha value is -3.01. The number of carbonyl (C=O) groups is 2. The summed E-state index contributed by atoms with van der Waals surface area (Å²) in [5.41, 5.74) is 3.39. The van der Waals surface area contributed by atoms with Gasteiger partial charge in [0.05, 0.1) is 30.2 Å². The number of benzene rings is 1. The molecule has 2 aromatic rings. The van der Waals surface area contributed by atoms with Gasteiger partial charge in [0.15, 0.2) is 0 Å². The van der Waals surface area contributed by atoms with Crippen molar-refractivity contribution < 1.29 is 24.5 Å². The number of hydrogen-bond donors (Lipinski definition) is 3.